The molecular weight excluding hydrogens is 252 g/mol. The molecule has 0 heterocycles. The van der Waals surface area contributed by atoms with Gasteiger partial charge in [-0.2, -0.15) is 0 Å². The summed E-state index contributed by atoms with van der Waals surface area (Å²) in [5, 5.41) is 3.38. The molecule has 1 aromatic rings. The van der Waals surface area contributed by atoms with Crippen molar-refractivity contribution in [1.82, 2.24) is 5.32 Å². The minimum absolute atomic E-state index is 0.00218. The topological polar surface area (TPSA) is 64.3 Å². The van der Waals surface area contributed by atoms with Gasteiger partial charge in [0, 0.05) is 6.04 Å². The molecule has 1 amide bonds. The summed E-state index contributed by atoms with van der Waals surface area (Å²) in [6, 6.07) is 5.85. The number of hydrogen-bond acceptors (Lipinski definition) is 3. The lowest BCUT2D eigenvalue weighted by atomic mass is 10.1. The summed E-state index contributed by atoms with van der Waals surface area (Å²) in [5.74, 6) is 0.465. The number of ether oxygens (including phenoxy) is 1. The molecule has 3 N–H and O–H groups in total. The molecule has 5 heteroatoms. The number of halogens is 1. The van der Waals surface area contributed by atoms with Crippen molar-refractivity contribution < 1.29 is 9.53 Å². The van der Waals surface area contributed by atoms with Crippen LogP contribution in [-0.4, -0.2) is 25.1 Å². The molecule has 0 atom stereocenters. The first-order valence-corrected chi connectivity index (χ1v) is 6.48. The Morgan fingerprint density at radius 2 is 2.28 bits per heavy atom. The standard InChI is InChI=1S/C13H17ClN2O2/c14-11-3-1-2-9(6-7-15)13(11)18-8-12(17)16-10-4-5-10/h1-3,10H,4-8,15H2,(H,16,17). The van der Waals surface area contributed by atoms with Crippen LogP contribution in [0, 0.1) is 0 Å². The Hall–Kier alpha value is -1.26. The van der Waals surface area contributed by atoms with Crippen molar-refractivity contribution in [2.75, 3.05) is 13.2 Å². The molecular formula is C13H17ClN2O2. The number of carbonyl (C=O) groups excluding carboxylic acids is 1. The van der Waals surface area contributed by atoms with Crippen LogP contribution in [0.5, 0.6) is 5.75 Å². The number of benzene rings is 1. The summed E-state index contributed by atoms with van der Waals surface area (Å²) in [5.41, 5.74) is 6.47. The predicted molar refractivity (Wildman–Crippen MR) is 70.9 cm³/mol. The van der Waals surface area contributed by atoms with Gasteiger partial charge in [0.1, 0.15) is 5.75 Å². The van der Waals surface area contributed by atoms with E-state index in [0.717, 1.165) is 18.4 Å². The highest BCUT2D eigenvalue weighted by Gasteiger charge is 2.23. The van der Waals surface area contributed by atoms with Crippen molar-refractivity contribution in [3.63, 3.8) is 0 Å². The molecule has 1 aliphatic rings. The maximum absolute atomic E-state index is 11.5. The molecule has 0 spiro atoms. The Morgan fingerprint density at radius 3 is 2.94 bits per heavy atom. The maximum Gasteiger partial charge on any atom is 0.258 e. The van der Waals surface area contributed by atoms with Crippen LogP contribution in [-0.2, 0) is 11.2 Å². The predicted octanol–water partition coefficient (Wildman–Crippen LogP) is 1.50. The van der Waals surface area contributed by atoms with Gasteiger partial charge in [0.2, 0.25) is 0 Å². The van der Waals surface area contributed by atoms with Crippen LogP contribution < -0.4 is 15.8 Å². The zero-order valence-corrected chi connectivity index (χ0v) is 10.9. The van der Waals surface area contributed by atoms with E-state index in [2.05, 4.69) is 5.32 Å². The van der Waals surface area contributed by atoms with E-state index in [9.17, 15) is 4.79 Å². The Balaban J connectivity index is 1.95. The fraction of sp³-hybridized carbons (Fsp3) is 0.462. The number of carbonyl (C=O) groups is 1. The second-order valence-corrected chi connectivity index (χ2v) is 4.80. The molecule has 0 saturated heterocycles. The molecule has 98 valence electrons. The number of rotatable bonds is 6. The summed E-state index contributed by atoms with van der Waals surface area (Å²) < 4.78 is 5.51. The van der Waals surface area contributed by atoms with Gasteiger partial charge < -0.3 is 15.8 Å². The van der Waals surface area contributed by atoms with Crippen molar-refractivity contribution >= 4 is 17.5 Å². The van der Waals surface area contributed by atoms with Gasteiger partial charge in [-0.3, -0.25) is 4.79 Å². The smallest absolute Gasteiger partial charge is 0.258 e. The lowest BCUT2D eigenvalue weighted by Gasteiger charge is -2.12. The Kier molecular flexibility index (Phi) is 4.44. The van der Waals surface area contributed by atoms with E-state index in [1.54, 1.807) is 6.07 Å². The molecule has 1 aliphatic carbocycles. The van der Waals surface area contributed by atoms with E-state index < -0.39 is 0 Å². The highest BCUT2D eigenvalue weighted by atomic mass is 35.5. The molecule has 4 nitrogen and oxygen atoms in total. The minimum atomic E-state index is -0.101. The fourth-order valence-electron chi connectivity index (χ4n) is 1.70. The van der Waals surface area contributed by atoms with E-state index in [1.165, 1.54) is 0 Å². The third kappa shape index (κ3) is 3.62. The van der Waals surface area contributed by atoms with Crippen LogP contribution >= 0.6 is 11.6 Å². The van der Waals surface area contributed by atoms with E-state index in [4.69, 9.17) is 22.1 Å². The molecule has 0 aromatic heterocycles. The molecule has 0 aliphatic heterocycles. The summed E-state index contributed by atoms with van der Waals surface area (Å²) >= 11 is 6.07. The van der Waals surface area contributed by atoms with Gasteiger partial charge >= 0.3 is 0 Å². The van der Waals surface area contributed by atoms with Gasteiger partial charge in [-0.1, -0.05) is 23.7 Å². The number of hydrogen-bond donors (Lipinski definition) is 2. The molecule has 1 aromatic carbocycles. The quantitative estimate of drug-likeness (QED) is 0.822. The average molecular weight is 269 g/mol. The van der Waals surface area contributed by atoms with Crippen LogP contribution in [0.25, 0.3) is 0 Å². The van der Waals surface area contributed by atoms with E-state index in [-0.39, 0.29) is 12.5 Å². The Labute approximate surface area is 111 Å². The molecule has 0 unspecified atom stereocenters. The maximum atomic E-state index is 11.5. The average Bonchev–Trinajstić information content (AvgIpc) is 3.12. The molecule has 0 radical (unpaired) electrons. The summed E-state index contributed by atoms with van der Waals surface area (Å²) in [6.07, 6.45) is 2.81. The summed E-state index contributed by atoms with van der Waals surface area (Å²) in [7, 11) is 0. The normalized spacial score (nSPS) is 14.3. The third-order valence-corrected chi connectivity index (χ3v) is 3.05. The molecule has 2 rings (SSSR count). The second-order valence-electron chi connectivity index (χ2n) is 4.40. The lowest BCUT2D eigenvalue weighted by molar-refractivity contribution is -0.123. The number of amides is 1. The van der Waals surface area contributed by atoms with Crippen LogP contribution in [0.2, 0.25) is 5.02 Å². The van der Waals surface area contributed by atoms with Crippen LogP contribution in [0.1, 0.15) is 18.4 Å². The minimum Gasteiger partial charge on any atom is -0.482 e. The van der Waals surface area contributed by atoms with Crippen molar-refractivity contribution in [1.29, 1.82) is 0 Å². The molecule has 1 fully saturated rings. The molecule has 1 saturated carbocycles. The number of para-hydroxylation sites is 1. The Bertz CT molecular complexity index is 433. The van der Waals surface area contributed by atoms with Gasteiger partial charge in [-0.25, -0.2) is 0 Å². The largest absolute Gasteiger partial charge is 0.482 e. The van der Waals surface area contributed by atoms with Gasteiger partial charge in [-0.05, 0) is 37.4 Å². The first-order chi connectivity index (χ1) is 8.70. The van der Waals surface area contributed by atoms with E-state index >= 15 is 0 Å². The van der Waals surface area contributed by atoms with Crippen LogP contribution in [0.4, 0.5) is 0 Å². The first kappa shape index (κ1) is 13.2. The highest BCUT2D eigenvalue weighted by Crippen LogP contribution is 2.29. The summed E-state index contributed by atoms with van der Waals surface area (Å²) in [4.78, 5) is 11.5. The summed E-state index contributed by atoms with van der Waals surface area (Å²) in [6.45, 7) is 0.517. The zero-order chi connectivity index (χ0) is 13.0. The van der Waals surface area contributed by atoms with Crippen molar-refractivity contribution in [3.8, 4) is 5.75 Å². The third-order valence-electron chi connectivity index (χ3n) is 2.75. The zero-order valence-electron chi connectivity index (χ0n) is 10.1. The van der Waals surface area contributed by atoms with Crippen molar-refractivity contribution in [3.05, 3.63) is 28.8 Å². The van der Waals surface area contributed by atoms with E-state index in [1.807, 2.05) is 12.1 Å². The van der Waals surface area contributed by atoms with Gasteiger partial charge in [-0.15, -0.1) is 0 Å². The number of nitrogens with one attached hydrogen (secondary N) is 1. The monoisotopic (exact) mass is 268 g/mol. The van der Waals surface area contributed by atoms with Crippen molar-refractivity contribution in [2.45, 2.75) is 25.3 Å². The van der Waals surface area contributed by atoms with Gasteiger partial charge in [0.25, 0.3) is 5.91 Å². The Morgan fingerprint density at radius 1 is 1.50 bits per heavy atom. The second kappa shape index (κ2) is 6.07. The fourth-order valence-corrected chi connectivity index (χ4v) is 1.95. The van der Waals surface area contributed by atoms with Crippen LogP contribution in [0.15, 0.2) is 18.2 Å². The lowest BCUT2D eigenvalue weighted by Crippen LogP contribution is -2.30. The number of nitrogens with two attached hydrogens (primary N) is 1. The highest BCUT2D eigenvalue weighted by molar-refractivity contribution is 6.32. The van der Waals surface area contributed by atoms with Gasteiger partial charge in [0.05, 0.1) is 5.02 Å². The SMILES string of the molecule is NCCc1cccc(Cl)c1OCC(=O)NC1CC1. The first-order valence-electron chi connectivity index (χ1n) is 6.10. The van der Waals surface area contributed by atoms with Crippen LogP contribution in [0.3, 0.4) is 0 Å². The molecule has 18 heavy (non-hydrogen) atoms. The molecule has 0 bridgehead atoms. The van der Waals surface area contributed by atoms with Crippen molar-refractivity contribution in [2.24, 2.45) is 5.73 Å². The van der Waals surface area contributed by atoms with E-state index in [0.29, 0.717) is 29.8 Å². The van der Waals surface area contributed by atoms with Gasteiger partial charge in [0.15, 0.2) is 6.61 Å².